The molecule has 0 aromatic carbocycles. The van der Waals surface area contributed by atoms with Gasteiger partial charge in [-0.05, 0) is 23.7 Å². The molecule has 0 aromatic rings. The summed E-state index contributed by atoms with van der Waals surface area (Å²) in [6.07, 6.45) is 9.04. The van der Waals surface area contributed by atoms with Gasteiger partial charge in [0, 0.05) is 17.9 Å². The molecule has 0 radical (unpaired) electrons. The van der Waals surface area contributed by atoms with Crippen molar-refractivity contribution in [2.45, 2.75) is 40.0 Å². The average Bonchev–Trinajstić information content (AvgIpc) is 2.19. The SMILES string of the molecule is C#CCC1CSSCC1C(C)(C)CCC. The second-order valence-corrected chi connectivity index (χ2v) is 7.63. The standard InChI is InChI=1S/C13H22S2/c1-5-7-11-9-14-15-10-12(11)13(3,4)8-6-2/h1,11-12H,6-10H2,2-4H3. The molecule has 0 aliphatic carbocycles. The molecule has 0 amide bonds. The molecule has 1 aliphatic heterocycles. The number of hydrogen-bond donors (Lipinski definition) is 0. The topological polar surface area (TPSA) is 0 Å². The fraction of sp³-hybridized carbons (Fsp3) is 0.846. The van der Waals surface area contributed by atoms with Crippen molar-refractivity contribution in [1.29, 1.82) is 0 Å². The quantitative estimate of drug-likeness (QED) is 0.527. The molecule has 0 bridgehead atoms. The van der Waals surface area contributed by atoms with Crippen LogP contribution in [-0.2, 0) is 0 Å². The molecule has 86 valence electrons. The van der Waals surface area contributed by atoms with Gasteiger partial charge in [0.2, 0.25) is 0 Å². The summed E-state index contributed by atoms with van der Waals surface area (Å²) in [6, 6.07) is 0. The third kappa shape index (κ3) is 3.64. The molecule has 1 saturated heterocycles. The second-order valence-electron chi connectivity index (χ2n) is 5.08. The minimum Gasteiger partial charge on any atom is -0.120 e. The molecule has 0 spiro atoms. The lowest BCUT2D eigenvalue weighted by Crippen LogP contribution is -2.35. The molecule has 2 unspecified atom stereocenters. The molecule has 0 N–H and O–H groups in total. The van der Waals surface area contributed by atoms with Crippen LogP contribution in [0.25, 0.3) is 0 Å². The van der Waals surface area contributed by atoms with Crippen LogP contribution in [-0.4, -0.2) is 11.5 Å². The highest BCUT2D eigenvalue weighted by molar-refractivity contribution is 8.76. The van der Waals surface area contributed by atoms with E-state index in [2.05, 4.69) is 26.7 Å². The molecule has 1 heterocycles. The van der Waals surface area contributed by atoms with Crippen molar-refractivity contribution in [2.75, 3.05) is 11.5 Å². The van der Waals surface area contributed by atoms with E-state index in [-0.39, 0.29) is 0 Å². The largest absolute Gasteiger partial charge is 0.120 e. The van der Waals surface area contributed by atoms with Gasteiger partial charge in [-0.15, -0.1) is 12.3 Å². The van der Waals surface area contributed by atoms with Crippen molar-refractivity contribution < 1.29 is 0 Å². The van der Waals surface area contributed by atoms with Gasteiger partial charge in [-0.2, -0.15) is 0 Å². The summed E-state index contributed by atoms with van der Waals surface area (Å²) in [4.78, 5) is 0. The molecule has 1 fully saturated rings. The Labute approximate surface area is 103 Å². The van der Waals surface area contributed by atoms with E-state index < -0.39 is 0 Å². The molecular weight excluding hydrogens is 220 g/mol. The summed E-state index contributed by atoms with van der Waals surface area (Å²) in [5, 5.41) is 0. The zero-order valence-electron chi connectivity index (χ0n) is 10.1. The molecule has 15 heavy (non-hydrogen) atoms. The first-order chi connectivity index (χ1) is 7.11. The number of terminal acetylenes is 1. The van der Waals surface area contributed by atoms with E-state index in [4.69, 9.17) is 6.42 Å². The maximum absolute atomic E-state index is 5.47. The van der Waals surface area contributed by atoms with E-state index in [1.807, 2.05) is 21.6 Å². The normalized spacial score (nSPS) is 27.3. The van der Waals surface area contributed by atoms with Crippen molar-refractivity contribution in [3.05, 3.63) is 0 Å². The minimum absolute atomic E-state index is 0.463. The summed E-state index contributed by atoms with van der Waals surface area (Å²) in [5.41, 5.74) is 0.463. The highest BCUT2D eigenvalue weighted by Gasteiger charge is 2.36. The van der Waals surface area contributed by atoms with Crippen LogP contribution in [0.5, 0.6) is 0 Å². The van der Waals surface area contributed by atoms with E-state index in [0.29, 0.717) is 5.41 Å². The van der Waals surface area contributed by atoms with Crippen LogP contribution >= 0.6 is 21.6 Å². The van der Waals surface area contributed by atoms with Crippen LogP contribution < -0.4 is 0 Å². The van der Waals surface area contributed by atoms with Gasteiger partial charge < -0.3 is 0 Å². The van der Waals surface area contributed by atoms with Crippen LogP contribution in [0.3, 0.4) is 0 Å². The first kappa shape index (κ1) is 13.3. The summed E-state index contributed by atoms with van der Waals surface area (Å²) >= 11 is 0. The summed E-state index contributed by atoms with van der Waals surface area (Å²) in [5.74, 6) is 6.93. The van der Waals surface area contributed by atoms with Crippen LogP contribution in [0, 0.1) is 29.6 Å². The number of rotatable bonds is 4. The Balaban J connectivity index is 2.66. The third-order valence-corrected chi connectivity index (χ3v) is 6.00. The van der Waals surface area contributed by atoms with Crippen molar-refractivity contribution in [1.82, 2.24) is 0 Å². The summed E-state index contributed by atoms with van der Waals surface area (Å²) < 4.78 is 0. The van der Waals surface area contributed by atoms with Crippen LogP contribution in [0.15, 0.2) is 0 Å². The van der Waals surface area contributed by atoms with Crippen LogP contribution in [0.4, 0.5) is 0 Å². The maximum atomic E-state index is 5.47. The van der Waals surface area contributed by atoms with Gasteiger partial charge in [0.15, 0.2) is 0 Å². The zero-order valence-corrected chi connectivity index (χ0v) is 11.7. The van der Waals surface area contributed by atoms with Gasteiger partial charge in [0.25, 0.3) is 0 Å². The lowest BCUT2D eigenvalue weighted by molar-refractivity contribution is 0.159. The lowest BCUT2D eigenvalue weighted by atomic mass is 9.70. The van der Waals surface area contributed by atoms with E-state index in [1.54, 1.807) is 0 Å². The van der Waals surface area contributed by atoms with Gasteiger partial charge in [0.1, 0.15) is 0 Å². The van der Waals surface area contributed by atoms with Crippen molar-refractivity contribution >= 4 is 21.6 Å². The maximum Gasteiger partial charge on any atom is 0.0126 e. The highest BCUT2D eigenvalue weighted by Crippen LogP contribution is 2.47. The van der Waals surface area contributed by atoms with E-state index in [9.17, 15) is 0 Å². The molecule has 1 rings (SSSR count). The smallest absolute Gasteiger partial charge is 0.0126 e. The predicted molar refractivity (Wildman–Crippen MR) is 74.0 cm³/mol. The molecule has 1 aliphatic rings. The predicted octanol–water partition coefficient (Wildman–Crippen LogP) is 4.46. The molecule has 2 atom stereocenters. The summed E-state index contributed by atoms with van der Waals surface area (Å²) in [7, 11) is 4.04. The lowest BCUT2D eigenvalue weighted by Gasteiger charge is -2.41. The first-order valence-electron chi connectivity index (χ1n) is 5.79. The molecule has 0 saturated carbocycles. The van der Waals surface area contributed by atoms with Gasteiger partial charge in [0.05, 0.1) is 0 Å². The third-order valence-electron chi connectivity index (χ3n) is 3.46. The second kappa shape index (κ2) is 6.11. The molecular formula is C13H22S2. The Hall–Kier alpha value is 0.260. The Morgan fingerprint density at radius 2 is 2.00 bits per heavy atom. The molecule has 0 nitrogen and oxygen atoms in total. The van der Waals surface area contributed by atoms with E-state index in [1.165, 1.54) is 24.3 Å². The van der Waals surface area contributed by atoms with Gasteiger partial charge in [-0.1, -0.05) is 48.8 Å². The van der Waals surface area contributed by atoms with Gasteiger partial charge in [-0.3, -0.25) is 0 Å². The summed E-state index contributed by atoms with van der Waals surface area (Å²) in [6.45, 7) is 7.12. The zero-order chi connectivity index (χ0) is 11.3. The van der Waals surface area contributed by atoms with Crippen molar-refractivity contribution in [3.63, 3.8) is 0 Å². The fourth-order valence-corrected chi connectivity index (χ4v) is 5.68. The molecule has 0 aromatic heterocycles. The Morgan fingerprint density at radius 3 is 2.60 bits per heavy atom. The molecule has 2 heteroatoms. The first-order valence-corrected chi connectivity index (χ1v) is 8.28. The number of hydrogen-bond acceptors (Lipinski definition) is 2. The van der Waals surface area contributed by atoms with E-state index >= 15 is 0 Å². The Kier molecular flexibility index (Phi) is 5.43. The highest BCUT2D eigenvalue weighted by atomic mass is 33.1. The van der Waals surface area contributed by atoms with E-state index in [0.717, 1.165) is 18.3 Å². The van der Waals surface area contributed by atoms with Gasteiger partial charge >= 0.3 is 0 Å². The van der Waals surface area contributed by atoms with Gasteiger partial charge in [-0.25, -0.2) is 0 Å². The van der Waals surface area contributed by atoms with Crippen molar-refractivity contribution in [2.24, 2.45) is 17.3 Å². The van der Waals surface area contributed by atoms with Crippen LogP contribution in [0.1, 0.15) is 40.0 Å². The monoisotopic (exact) mass is 242 g/mol. The fourth-order valence-electron chi connectivity index (χ4n) is 2.56. The van der Waals surface area contributed by atoms with Crippen LogP contribution in [0.2, 0.25) is 0 Å². The Bertz CT molecular complexity index is 227. The van der Waals surface area contributed by atoms with Crippen molar-refractivity contribution in [3.8, 4) is 12.3 Å². The average molecular weight is 242 g/mol. The Morgan fingerprint density at radius 1 is 1.33 bits per heavy atom. The minimum atomic E-state index is 0.463.